The molecule has 5 heteroatoms. The molecule has 0 radical (unpaired) electrons. The van der Waals surface area contributed by atoms with Gasteiger partial charge < -0.3 is 4.90 Å². The van der Waals surface area contributed by atoms with Crippen molar-refractivity contribution in [1.29, 1.82) is 0 Å². The number of hydrogen-bond donors (Lipinski definition) is 0. The van der Waals surface area contributed by atoms with Crippen molar-refractivity contribution in [3.8, 4) is 0 Å². The van der Waals surface area contributed by atoms with E-state index in [1.54, 1.807) is 0 Å². The highest BCUT2D eigenvalue weighted by molar-refractivity contribution is 6.07. The van der Waals surface area contributed by atoms with Gasteiger partial charge in [-0.2, -0.15) is 0 Å². The Bertz CT molecular complexity index is 1460. The van der Waals surface area contributed by atoms with Crippen LogP contribution in [0.25, 0.3) is 10.8 Å². The molecule has 160 valence electrons. The van der Waals surface area contributed by atoms with E-state index in [0.717, 1.165) is 33.5 Å². The fourth-order valence-electron chi connectivity index (χ4n) is 4.68. The van der Waals surface area contributed by atoms with Crippen molar-refractivity contribution >= 4 is 22.4 Å². The van der Waals surface area contributed by atoms with Crippen molar-refractivity contribution in [3.05, 3.63) is 126 Å². The van der Waals surface area contributed by atoms with Crippen LogP contribution in [-0.2, 0) is 17.9 Å². The second-order valence-corrected chi connectivity index (χ2v) is 8.42. The lowest BCUT2D eigenvalue weighted by Crippen LogP contribution is -2.28. The molecule has 5 aromatic rings. The van der Waals surface area contributed by atoms with Crippen LogP contribution in [0.1, 0.15) is 28.3 Å². The summed E-state index contributed by atoms with van der Waals surface area (Å²) in [5, 5.41) is 10.9. The van der Waals surface area contributed by atoms with E-state index in [-0.39, 0.29) is 11.8 Å². The van der Waals surface area contributed by atoms with E-state index in [0.29, 0.717) is 13.1 Å². The highest BCUT2D eigenvalue weighted by atomic mass is 16.2. The summed E-state index contributed by atoms with van der Waals surface area (Å²) in [6.07, 6.45) is 1.92. The Kier molecular flexibility index (Phi) is 4.73. The van der Waals surface area contributed by atoms with E-state index in [4.69, 9.17) is 0 Å². The van der Waals surface area contributed by atoms with Crippen molar-refractivity contribution in [3.63, 3.8) is 0 Å². The van der Waals surface area contributed by atoms with Gasteiger partial charge in [-0.3, -0.25) is 4.79 Å². The van der Waals surface area contributed by atoms with Gasteiger partial charge in [0.25, 0.3) is 0 Å². The van der Waals surface area contributed by atoms with Crippen LogP contribution < -0.4 is 4.90 Å². The lowest BCUT2D eigenvalue weighted by Gasteiger charge is -2.17. The normalized spacial score (nSPS) is 15.2. The molecule has 1 atom stereocenters. The predicted molar refractivity (Wildman–Crippen MR) is 129 cm³/mol. The first-order valence-corrected chi connectivity index (χ1v) is 11.1. The van der Waals surface area contributed by atoms with Crippen LogP contribution in [-0.4, -0.2) is 20.9 Å². The maximum absolute atomic E-state index is 13.7. The number of amides is 1. The molecule has 0 spiro atoms. The number of carbonyl (C=O) groups is 1. The number of nitrogens with zero attached hydrogens (tertiary/aromatic N) is 4. The number of benzene rings is 4. The fraction of sp³-hybridized carbons (Fsp3) is 0.107. The topological polar surface area (TPSA) is 51.0 Å². The summed E-state index contributed by atoms with van der Waals surface area (Å²) in [6, 6.07) is 32.8. The highest BCUT2D eigenvalue weighted by Crippen LogP contribution is 2.42. The molecule has 0 unspecified atom stereocenters. The second kappa shape index (κ2) is 8.02. The molecule has 5 nitrogen and oxygen atoms in total. The minimum atomic E-state index is -0.315. The first-order chi connectivity index (χ1) is 16.3. The van der Waals surface area contributed by atoms with Gasteiger partial charge in [0.05, 0.1) is 25.2 Å². The minimum Gasteiger partial charge on any atom is -0.305 e. The third-order valence-electron chi connectivity index (χ3n) is 6.25. The SMILES string of the molecule is O=C1[C@H](c2ccc3ccccc3c2)c2ccccc2N1Cc1cn(Cc2ccccc2)nn1. The van der Waals surface area contributed by atoms with E-state index in [2.05, 4.69) is 58.8 Å². The van der Waals surface area contributed by atoms with Gasteiger partial charge in [-0.25, -0.2) is 4.68 Å². The fourth-order valence-corrected chi connectivity index (χ4v) is 4.68. The molecule has 6 rings (SSSR count). The molecular formula is C28H22N4O. The first kappa shape index (κ1) is 19.4. The molecule has 1 aliphatic rings. The van der Waals surface area contributed by atoms with Crippen molar-refractivity contribution in [2.75, 3.05) is 4.90 Å². The molecule has 33 heavy (non-hydrogen) atoms. The third-order valence-corrected chi connectivity index (χ3v) is 6.25. The molecule has 2 heterocycles. The number of anilines is 1. The highest BCUT2D eigenvalue weighted by Gasteiger charge is 2.38. The van der Waals surface area contributed by atoms with Gasteiger partial charge >= 0.3 is 0 Å². The van der Waals surface area contributed by atoms with Crippen molar-refractivity contribution < 1.29 is 4.79 Å². The summed E-state index contributed by atoms with van der Waals surface area (Å²) in [5.74, 6) is -0.241. The van der Waals surface area contributed by atoms with Gasteiger partial charge in [-0.1, -0.05) is 96.2 Å². The maximum Gasteiger partial charge on any atom is 0.239 e. The number of rotatable bonds is 5. The van der Waals surface area contributed by atoms with E-state index in [1.807, 2.05) is 64.3 Å². The zero-order valence-corrected chi connectivity index (χ0v) is 18.0. The minimum absolute atomic E-state index is 0.0732. The largest absolute Gasteiger partial charge is 0.305 e. The summed E-state index contributed by atoms with van der Waals surface area (Å²) in [5.41, 5.74) is 4.93. The zero-order valence-electron chi connectivity index (χ0n) is 18.0. The van der Waals surface area contributed by atoms with Crippen molar-refractivity contribution in [2.45, 2.75) is 19.0 Å². The summed E-state index contributed by atoms with van der Waals surface area (Å²) >= 11 is 0. The van der Waals surface area contributed by atoms with Gasteiger partial charge in [0.15, 0.2) is 0 Å². The molecule has 0 saturated carbocycles. The average Bonchev–Trinajstić information content (AvgIpc) is 3.41. The van der Waals surface area contributed by atoms with E-state index in [1.165, 1.54) is 5.39 Å². The smallest absolute Gasteiger partial charge is 0.239 e. The van der Waals surface area contributed by atoms with E-state index in [9.17, 15) is 4.79 Å². The molecule has 4 aromatic carbocycles. The first-order valence-electron chi connectivity index (χ1n) is 11.1. The van der Waals surface area contributed by atoms with Crippen LogP contribution in [0.3, 0.4) is 0 Å². The Labute approximate surface area is 191 Å². The predicted octanol–water partition coefficient (Wildman–Crippen LogP) is 5.16. The van der Waals surface area contributed by atoms with Gasteiger partial charge in [0.2, 0.25) is 5.91 Å². The number of para-hydroxylation sites is 1. The summed E-state index contributed by atoms with van der Waals surface area (Å²) in [6.45, 7) is 1.05. The zero-order chi connectivity index (χ0) is 22.2. The van der Waals surface area contributed by atoms with Crippen LogP contribution >= 0.6 is 0 Å². The Morgan fingerprint density at radius 3 is 2.39 bits per heavy atom. The third kappa shape index (κ3) is 3.57. The summed E-state index contributed by atoms with van der Waals surface area (Å²) < 4.78 is 1.82. The van der Waals surface area contributed by atoms with Gasteiger partial charge in [-0.15, -0.1) is 5.10 Å². The van der Waals surface area contributed by atoms with Crippen LogP contribution in [0.15, 0.2) is 103 Å². The quantitative estimate of drug-likeness (QED) is 0.387. The van der Waals surface area contributed by atoms with E-state index < -0.39 is 0 Å². The van der Waals surface area contributed by atoms with Gasteiger partial charge in [0, 0.05) is 5.69 Å². The Morgan fingerprint density at radius 1 is 0.758 bits per heavy atom. The standard InChI is InChI=1S/C28H22N4O/c33-28-27(23-15-14-21-10-4-5-11-22(21)16-23)25-12-6-7-13-26(25)32(28)19-24-18-31(30-29-24)17-20-8-2-1-3-9-20/h1-16,18,27H,17,19H2/t27-/m1/s1. The Hall–Kier alpha value is -4.25. The molecule has 0 N–H and O–H groups in total. The Morgan fingerprint density at radius 2 is 1.52 bits per heavy atom. The molecular weight excluding hydrogens is 408 g/mol. The van der Waals surface area contributed by atoms with Crippen LogP contribution in [0.2, 0.25) is 0 Å². The van der Waals surface area contributed by atoms with Crippen molar-refractivity contribution in [2.24, 2.45) is 0 Å². The van der Waals surface area contributed by atoms with Crippen LogP contribution in [0.5, 0.6) is 0 Å². The summed E-state index contributed by atoms with van der Waals surface area (Å²) in [7, 11) is 0. The number of hydrogen-bond acceptors (Lipinski definition) is 3. The monoisotopic (exact) mass is 430 g/mol. The number of fused-ring (bicyclic) bond motifs is 2. The average molecular weight is 431 g/mol. The second-order valence-electron chi connectivity index (χ2n) is 8.42. The Balaban J connectivity index is 1.30. The van der Waals surface area contributed by atoms with Gasteiger partial charge in [0.1, 0.15) is 5.69 Å². The maximum atomic E-state index is 13.7. The van der Waals surface area contributed by atoms with Crippen LogP contribution in [0.4, 0.5) is 5.69 Å². The summed E-state index contributed by atoms with van der Waals surface area (Å²) in [4.78, 5) is 15.5. The number of carbonyl (C=O) groups excluding carboxylic acids is 1. The van der Waals surface area contributed by atoms with Crippen molar-refractivity contribution in [1.82, 2.24) is 15.0 Å². The van der Waals surface area contributed by atoms with Gasteiger partial charge in [-0.05, 0) is 33.5 Å². The van der Waals surface area contributed by atoms with Crippen LogP contribution in [0, 0.1) is 0 Å². The molecule has 1 amide bonds. The lowest BCUT2D eigenvalue weighted by molar-refractivity contribution is -0.118. The molecule has 0 aliphatic carbocycles. The molecule has 0 saturated heterocycles. The number of aromatic nitrogens is 3. The molecule has 1 aromatic heterocycles. The molecule has 1 aliphatic heterocycles. The molecule has 0 fully saturated rings. The molecule has 0 bridgehead atoms. The van der Waals surface area contributed by atoms with E-state index >= 15 is 0 Å². The lowest BCUT2D eigenvalue weighted by atomic mass is 9.91.